The first-order chi connectivity index (χ1) is 7.06. The van der Waals surface area contributed by atoms with Crippen molar-refractivity contribution in [3.8, 4) is 0 Å². The molecular weight excluding hydrogens is 210 g/mol. The number of hydrogen-bond donors (Lipinski definition) is 1. The monoisotopic (exact) mass is 225 g/mol. The molecule has 1 aromatic rings. The molecule has 3 nitrogen and oxygen atoms in total. The fraction of sp³-hybridized carbons (Fsp3) is 0.636. The Bertz CT molecular complexity index is 380. The molecule has 0 radical (unpaired) electrons. The number of carbonyl (C=O) groups is 1. The zero-order chi connectivity index (χ0) is 11.1. The Morgan fingerprint density at radius 3 is 2.60 bits per heavy atom. The predicted octanol–water partition coefficient (Wildman–Crippen LogP) is 2.77. The summed E-state index contributed by atoms with van der Waals surface area (Å²) in [5, 5.41) is 12.0. The largest absolute Gasteiger partial charge is 0.481 e. The van der Waals surface area contributed by atoms with E-state index in [4.69, 9.17) is 0 Å². The maximum Gasteiger partial charge on any atom is 0.316 e. The second kappa shape index (κ2) is 3.59. The van der Waals surface area contributed by atoms with Crippen LogP contribution in [0.1, 0.15) is 49.7 Å². The van der Waals surface area contributed by atoms with E-state index < -0.39 is 11.4 Å². The van der Waals surface area contributed by atoms with Gasteiger partial charge >= 0.3 is 5.97 Å². The summed E-state index contributed by atoms with van der Waals surface area (Å²) in [4.78, 5) is 15.7. The molecule has 1 fully saturated rings. The van der Waals surface area contributed by atoms with Gasteiger partial charge in [-0.25, -0.2) is 4.98 Å². The number of hydrogen-bond acceptors (Lipinski definition) is 3. The Kier molecular flexibility index (Phi) is 2.54. The number of rotatable bonds is 3. The molecular formula is C11H15NO2S. The van der Waals surface area contributed by atoms with Gasteiger partial charge in [-0.2, -0.15) is 0 Å². The number of carboxylic acids is 1. The van der Waals surface area contributed by atoms with Crippen LogP contribution in [0.25, 0.3) is 0 Å². The number of nitrogens with zero attached hydrogens (tertiary/aromatic N) is 1. The Hall–Kier alpha value is -0.900. The maximum absolute atomic E-state index is 11.2. The quantitative estimate of drug-likeness (QED) is 0.860. The molecule has 0 aliphatic heterocycles. The average molecular weight is 225 g/mol. The first-order valence-electron chi connectivity index (χ1n) is 5.25. The lowest BCUT2D eigenvalue weighted by Gasteiger charge is -2.35. The van der Waals surface area contributed by atoms with E-state index in [1.807, 2.05) is 5.38 Å². The van der Waals surface area contributed by atoms with Crippen LogP contribution < -0.4 is 0 Å². The van der Waals surface area contributed by atoms with Crippen molar-refractivity contribution < 1.29 is 9.90 Å². The first-order valence-corrected chi connectivity index (χ1v) is 6.13. The van der Waals surface area contributed by atoms with Gasteiger partial charge in [0.1, 0.15) is 10.4 Å². The molecule has 0 unspecified atom stereocenters. The zero-order valence-corrected chi connectivity index (χ0v) is 9.80. The molecule has 1 N–H and O–H groups in total. The lowest BCUT2D eigenvalue weighted by molar-refractivity contribution is -0.147. The molecule has 0 aromatic carbocycles. The van der Waals surface area contributed by atoms with Crippen molar-refractivity contribution in [1.82, 2.24) is 4.98 Å². The van der Waals surface area contributed by atoms with Crippen LogP contribution in [0.4, 0.5) is 0 Å². The Morgan fingerprint density at radius 1 is 1.60 bits per heavy atom. The molecule has 0 bridgehead atoms. The highest BCUT2D eigenvalue weighted by Crippen LogP contribution is 2.45. The van der Waals surface area contributed by atoms with Gasteiger partial charge in [-0.3, -0.25) is 4.79 Å². The maximum atomic E-state index is 11.2. The summed E-state index contributed by atoms with van der Waals surface area (Å²) in [5.74, 6) is -0.334. The van der Waals surface area contributed by atoms with Gasteiger partial charge in [0.15, 0.2) is 0 Å². The van der Waals surface area contributed by atoms with Crippen molar-refractivity contribution in [1.29, 1.82) is 0 Å². The third kappa shape index (κ3) is 1.57. The molecule has 1 heterocycles. The van der Waals surface area contributed by atoms with Crippen molar-refractivity contribution in [2.24, 2.45) is 0 Å². The molecule has 82 valence electrons. The molecule has 0 amide bonds. The van der Waals surface area contributed by atoms with Crippen molar-refractivity contribution >= 4 is 17.3 Å². The molecule has 1 aromatic heterocycles. The van der Waals surface area contributed by atoms with Gasteiger partial charge in [-0.15, -0.1) is 11.3 Å². The number of aromatic nitrogens is 1. The molecule has 1 saturated carbocycles. The minimum Gasteiger partial charge on any atom is -0.481 e. The zero-order valence-electron chi connectivity index (χ0n) is 8.99. The summed E-state index contributed by atoms with van der Waals surface area (Å²) >= 11 is 1.50. The minimum atomic E-state index is -0.710. The van der Waals surface area contributed by atoms with E-state index >= 15 is 0 Å². The first kappa shape index (κ1) is 10.6. The van der Waals surface area contributed by atoms with Crippen molar-refractivity contribution in [3.05, 3.63) is 16.1 Å². The Morgan fingerprint density at radius 2 is 2.27 bits per heavy atom. The van der Waals surface area contributed by atoms with Crippen LogP contribution in [0.2, 0.25) is 0 Å². The van der Waals surface area contributed by atoms with E-state index in [-0.39, 0.29) is 0 Å². The van der Waals surface area contributed by atoms with Crippen molar-refractivity contribution in [2.45, 2.75) is 44.4 Å². The molecule has 1 aliphatic rings. The smallest absolute Gasteiger partial charge is 0.316 e. The summed E-state index contributed by atoms with van der Waals surface area (Å²) in [6, 6.07) is 0. The van der Waals surface area contributed by atoms with Gasteiger partial charge in [-0.1, -0.05) is 20.3 Å². The van der Waals surface area contributed by atoms with E-state index in [9.17, 15) is 9.90 Å². The molecule has 2 rings (SSSR count). The molecule has 0 spiro atoms. The van der Waals surface area contributed by atoms with Crippen molar-refractivity contribution in [3.63, 3.8) is 0 Å². The van der Waals surface area contributed by atoms with E-state index in [0.29, 0.717) is 5.92 Å². The average Bonchev–Trinajstić information content (AvgIpc) is 2.50. The van der Waals surface area contributed by atoms with Gasteiger partial charge < -0.3 is 5.11 Å². The third-order valence-electron chi connectivity index (χ3n) is 3.14. The van der Waals surface area contributed by atoms with Crippen LogP contribution in [0.15, 0.2) is 5.38 Å². The number of thiazole rings is 1. The molecule has 0 saturated heterocycles. The lowest BCUT2D eigenvalue weighted by Crippen LogP contribution is -2.42. The molecule has 0 atom stereocenters. The highest BCUT2D eigenvalue weighted by Gasteiger charge is 2.48. The van der Waals surface area contributed by atoms with Crippen LogP contribution in [0, 0.1) is 0 Å². The van der Waals surface area contributed by atoms with Crippen LogP contribution in [-0.2, 0) is 10.2 Å². The van der Waals surface area contributed by atoms with Gasteiger partial charge in [0.2, 0.25) is 0 Å². The number of carboxylic acid groups (broad SMARTS) is 1. The molecule has 1 aliphatic carbocycles. The van der Waals surface area contributed by atoms with E-state index in [1.54, 1.807) is 0 Å². The van der Waals surface area contributed by atoms with Crippen LogP contribution in [-0.4, -0.2) is 16.1 Å². The van der Waals surface area contributed by atoms with Gasteiger partial charge in [0.05, 0.1) is 5.69 Å². The van der Waals surface area contributed by atoms with Crippen molar-refractivity contribution in [2.75, 3.05) is 0 Å². The highest BCUT2D eigenvalue weighted by molar-refractivity contribution is 7.10. The fourth-order valence-electron chi connectivity index (χ4n) is 1.82. The van der Waals surface area contributed by atoms with E-state index in [2.05, 4.69) is 18.8 Å². The predicted molar refractivity (Wildman–Crippen MR) is 59.4 cm³/mol. The highest BCUT2D eigenvalue weighted by atomic mass is 32.1. The lowest BCUT2D eigenvalue weighted by atomic mass is 9.69. The second-order valence-corrected chi connectivity index (χ2v) is 5.33. The summed E-state index contributed by atoms with van der Waals surface area (Å²) in [6.07, 6.45) is 2.49. The third-order valence-corrected chi connectivity index (χ3v) is 4.20. The van der Waals surface area contributed by atoms with E-state index in [1.165, 1.54) is 11.3 Å². The summed E-state index contributed by atoms with van der Waals surface area (Å²) in [5.41, 5.74) is 0.361. The van der Waals surface area contributed by atoms with E-state index in [0.717, 1.165) is 30.0 Å². The van der Waals surface area contributed by atoms with Crippen LogP contribution in [0.3, 0.4) is 0 Å². The SMILES string of the molecule is CC(C)c1csc(C2(C(=O)O)CCC2)n1. The fourth-order valence-corrected chi connectivity index (χ4v) is 3.05. The van der Waals surface area contributed by atoms with Crippen LogP contribution >= 0.6 is 11.3 Å². The summed E-state index contributed by atoms with van der Waals surface area (Å²) in [7, 11) is 0. The minimum absolute atomic E-state index is 0.376. The van der Waals surface area contributed by atoms with Crippen LogP contribution in [0.5, 0.6) is 0 Å². The van der Waals surface area contributed by atoms with Gasteiger partial charge in [0, 0.05) is 5.38 Å². The van der Waals surface area contributed by atoms with Gasteiger partial charge in [0.25, 0.3) is 0 Å². The molecule has 15 heavy (non-hydrogen) atoms. The second-order valence-electron chi connectivity index (χ2n) is 4.47. The standard InChI is InChI=1S/C11H15NO2S/c1-7(2)8-6-15-9(12-8)11(10(13)14)4-3-5-11/h6-7H,3-5H2,1-2H3,(H,13,14). The Labute approximate surface area is 93.2 Å². The Balaban J connectivity index is 2.32. The summed E-state index contributed by atoms with van der Waals surface area (Å²) in [6.45, 7) is 4.15. The summed E-state index contributed by atoms with van der Waals surface area (Å²) < 4.78 is 0. The van der Waals surface area contributed by atoms with Gasteiger partial charge in [-0.05, 0) is 18.8 Å². The topological polar surface area (TPSA) is 50.2 Å². The molecule has 4 heteroatoms. The number of aliphatic carboxylic acids is 1. The normalized spacial score (nSPS) is 18.9.